The summed E-state index contributed by atoms with van der Waals surface area (Å²) in [4.78, 5) is 10.3. The van der Waals surface area contributed by atoms with Gasteiger partial charge >= 0.3 is 5.97 Å². The Labute approximate surface area is 87.5 Å². The Bertz CT molecular complexity index is 347. The lowest BCUT2D eigenvalue weighted by molar-refractivity contribution is -0.137. The quantitative estimate of drug-likeness (QED) is 0.838. The van der Waals surface area contributed by atoms with E-state index in [1.165, 1.54) is 0 Å². The molecule has 1 aromatic heterocycles. The van der Waals surface area contributed by atoms with E-state index >= 15 is 0 Å². The van der Waals surface area contributed by atoms with Crippen molar-refractivity contribution in [3.05, 3.63) is 16.4 Å². The summed E-state index contributed by atoms with van der Waals surface area (Å²) in [5.41, 5.74) is 1.69. The molecule has 78 valence electrons. The number of rotatable bonds is 4. The van der Waals surface area contributed by atoms with E-state index in [1.54, 1.807) is 4.68 Å². The van der Waals surface area contributed by atoms with Crippen LogP contribution in [-0.4, -0.2) is 20.9 Å². The van der Waals surface area contributed by atoms with Crippen molar-refractivity contribution in [1.82, 2.24) is 9.78 Å². The molecule has 0 unspecified atom stereocenters. The lowest BCUT2D eigenvalue weighted by Crippen LogP contribution is -2.05. The number of halogens is 1. The van der Waals surface area contributed by atoms with Crippen molar-refractivity contribution in [3.8, 4) is 0 Å². The molecule has 0 saturated heterocycles. The van der Waals surface area contributed by atoms with Crippen molar-refractivity contribution in [3.63, 3.8) is 0 Å². The van der Waals surface area contributed by atoms with Gasteiger partial charge in [-0.15, -0.1) is 0 Å². The van der Waals surface area contributed by atoms with E-state index < -0.39 is 5.97 Å². The predicted molar refractivity (Wildman–Crippen MR) is 53.6 cm³/mol. The Kier molecular flexibility index (Phi) is 3.52. The Morgan fingerprint density at radius 3 is 2.64 bits per heavy atom. The van der Waals surface area contributed by atoms with Gasteiger partial charge < -0.3 is 5.11 Å². The third kappa shape index (κ3) is 2.48. The van der Waals surface area contributed by atoms with Crippen LogP contribution in [0.2, 0.25) is 5.02 Å². The number of carbonyl (C=O) groups is 1. The highest BCUT2D eigenvalue weighted by molar-refractivity contribution is 6.31. The van der Waals surface area contributed by atoms with Crippen LogP contribution < -0.4 is 0 Å². The van der Waals surface area contributed by atoms with Gasteiger partial charge in [-0.05, 0) is 20.3 Å². The summed E-state index contributed by atoms with van der Waals surface area (Å²) in [6.07, 6.45) is 0.740. The number of carboxylic acids is 1. The number of hydrogen-bond acceptors (Lipinski definition) is 2. The van der Waals surface area contributed by atoms with Gasteiger partial charge in [0.15, 0.2) is 0 Å². The molecule has 5 heteroatoms. The van der Waals surface area contributed by atoms with Crippen molar-refractivity contribution in [2.45, 2.75) is 33.2 Å². The molecule has 14 heavy (non-hydrogen) atoms. The fourth-order valence-corrected chi connectivity index (χ4v) is 1.41. The van der Waals surface area contributed by atoms with Gasteiger partial charge in [-0.1, -0.05) is 11.6 Å². The van der Waals surface area contributed by atoms with E-state index in [2.05, 4.69) is 5.10 Å². The van der Waals surface area contributed by atoms with E-state index in [-0.39, 0.29) is 6.42 Å². The van der Waals surface area contributed by atoms with Gasteiger partial charge in [0.05, 0.1) is 16.4 Å². The standard InChI is InChI=1S/C9H13ClN2O2/c1-6-9(10)7(2)12(11-6)5-3-4-8(13)14/h3-5H2,1-2H3,(H,13,14). The normalized spacial score (nSPS) is 10.5. The molecule has 0 radical (unpaired) electrons. The zero-order valence-corrected chi connectivity index (χ0v) is 9.01. The molecule has 0 fully saturated rings. The molecular weight excluding hydrogens is 204 g/mol. The SMILES string of the molecule is Cc1nn(CCCC(=O)O)c(C)c1Cl. The third-order valence-corrected chi connectivity index (χ3v) is 2.60. The monoisotopic (exact) mass is 216 g/mol. The van der Waals surface area contributed by atoms with Gasteiger partial charge in [0.25, 0.3) is 0 Å². The topological polar surface area (TPSA) is 55.1 Å². The van der Waals surface area contributed by atoms with Gasteiger partial charge in [0.1, 0.15) is 0 Å². The fourth-order valence-electron chi connectivity index (χ4n) is 1.27. The van der Waals surface area contributed by atoms with Crippen molar-refractivity contribution in [1.29, 1.82) is 0 Å². The second kappa shape index (κ2) is 4.46. The smallest absolute Gasteiger partial charge is 0.303 e. The summed E-state index contributed by atoms with van der Waals surface area (Å²) >= 11 is 5.94. The van der Waals surface area contributed by atoms with Crippen molar-refractivity contribution in [2.75, 3.05) is 0 Å². The molecular formula is C9H13ClN2O2. The molecule has 0 saturated carbocycles. The zero-order valence-electron chi connectivity index (χ0n) is 8.25. The molecule has 4 nitrogen and oxygen atoms in total. The van der Waals surface area contributed by atoms with Crippen molar-refractivity contribution < 1.29 is 9.90 Å². The Balaban J connectivity index is 2.59. The molecule has 0 amide bonds. The predicted octanol–water partition coefficient (Wildman–Crippen LogP) is 2.02. The number of hydrogen-bond donors (Lipinski definition) is 1. The summed E-state index contributed by atoms with van der Waals surface area (Å²) in [7, 11) is 0. The van der Waals surface area contributed by atoms with E-state index in [0.29, 0.717) is 18.0 Å². The van der Waals surface area contributed by atoms with Gasteiger partial charge in [0, 0.05) is 13.0 Å². The summed E-state index contributed by atoms with van der Waals surface area (Å²) in [6, 6.07) is 0. The maximum absolute atomic E-state index is 10.3. The lowest BCUT2D eigenvalue weighted by atomic mass is 10.3. The van der Waals surface area contributed by atoms with Gasteiger partial charge in [-0.25, -0.2) is 0 Å². The van der Waals surface area contributed by atoms with E-state index in [1.807, 2.05) is 13.8 Å². The van der Waals surface area contributed by atoms with Crippen LogP contribution in [0.3, 0.4) is 0 Å². The molecule has 0 atom stereocenters. The highest BCUT2D eigenvalue weighted by Gasteiger charge is 2.08. The minimum absolute atomic E-state index is 0.163. The Morgan fingerprint density at radius 1 is 1.57 bits per heavy atom. The van der Waals surface area contributed by atoms with Crippen LogP contribution in [0.4, 0.5) is 0 Å². The van der Waals surface area contributed by atoms with E-state index in [0.717, 1.165) is 11.4 Å². The molecule has 1 rings (SSSR count). The molecule has 1 heterocycles. The van der Waals surface area contributed by atoms with Crippen LogP contribution in [0.15, 0.2) is 0 Å². The zero-order chi connectivity index (χ0) is 10.7. The minimum Gasteiger partial charge on any atom is -0.481 e. The Hall–Kier alpha value is -1.03. The Morgan fingerprint density at radius 2 is 2.21 bits per heavy atom. The first-order chi connectivity index (χ1) is 6.52. The summed E-state index contributed by atoms with van der Waals surface area (Å²) in [5, 5.41) is 13.3. The van der Waals surface area contributed by atoms with Crippen LogP contribution in [0.5, 0.6) is 0 Å². The average molecular weight is 217 g/mol. The van der Waals surface area contributed by atoms with Crippen LogP contribution in [0, 0.1) is 13.8 Å². The van der Waals surface area contributed by atoms with E-state index in [4.69, 9.17) is 16.7 Å². The van der Waals surface area contributed by atoms with Crippen LogP contribution in [0.1, 0.15) is 24.2 Å². The summed E-state index contributed by atoms with van der Waals surface area (Å²) in [6.45, 7) is 4.32. The molecule has 0 aliphatic carbocycles. The maximum atomic E-state index is 10.3. The number of aromatic nitrogens is 2. The second-order valence-electron chi connectivity index (χ2n) is 3.21. The average Bonchev–Trinajstić information content (AvgIpc) is 2.33. The number of carboxylic acid groups (broad SMARTS) is 1. The number of nitrogens with zero attached hydrogens (tertiary/aromatic N) is 2. The van der Waals surface area contributed by atoms with E-state index in [9.17, 15) is 4.79 Å². The third-order valence-electron chi connectivity index (χ3n) is 2.05. The first-order valence-corrected chi connectivity index (χ1v) is 4.81. The first-order valence-electron chi connectivity index (χ1n) is 4.43. The van der Waals surface area contributed by atoms with Gasteiger partial charge in [-0.3, -0.25) is 9.48 Å². The first kappa shape index (κ1) is 11.0. The number of aliphatic carboxylic acids is 1. The molecule has 0 aliphatic heterocycles. The summed E-state index contributed by atoms with van der Waals surface area (Å²) < 4.78 is 1.75. The molecule has 1 aromatic rings. The second-order valence-corrected chi connectivity index (χ2v) is 3.58. The van der Waals surface area contributed by atoms with Crippen LogP contribution >= 0.6 is 11.6 Å². The van der Waals surface area contributed by atoms with Crippen molar-refractivity contribution in [2.24, 2.45) is 0 Å². The molecule has 0 aromatic carbocycles. The van der Waals surface area contributed by atoms with Crippen molar-refractivity contribution >= 4 is 17.6 Å². The molecule has 0 aliphatic rings. The number of aryl methyl sites for hydroxylation is 2. The molecule has 1 N–H and O–H groups in total. The largest absolute Gasteiger partial charge is 0.481 e. The maximum Gasteiger partial charge on any atom is 0.303 e. The minimum atomic E-state index is -0.780. The van der Waals surface area contributed by atoms with Gasteiger partial charge in [0.2, 0.25) is 0 Å². The highest BCUT2D eigenvalue weighted by atomic mass is 35.5. The molecule has 0 spiro atoms. The fraction of sp³-hybridized carbons (Fsp3) is 0.556. The van der Waals surface area contributed by atoms with Gasteiger partial charge in [-0.2, -0.15) is 5.10 Å². The van der Waals surface area contributed by atoms with Crippen LogP contribution in [-0.2, 0) is 11.3 Å². The molecule has 0 bridgehead atoms. The summed E-state index contributed by atoms with van der Waals surface area (Å²) in [5.74, 6) is -0.780. The van der Waals surface area contributed by atoms with Crippen LogP contribution in [0.25, 0.3) is 0 Å². The highest BCUT2D eigenvalue weighted by Crippen LogP contribution is 2.19. The lowest BCUT2D eigenvalue weighted by Gasteiger charge is -2.01.